The third kappa shape index (κ3) is 4.27. The molecule has 0 saturated carbocycles. The summed E-state index contributed by atoms with van der Waals surface area (Å²) in [5.41, 5.74) is 5.24. The Morgan fingerprint density at radius 2 is 1.89 bits per heavy atom. The van der Waals surface area contributed by atoms with Crippen LogP contribution < -0.4 is 10.7 Å². The number of anilines is 1. The first-order valence-corrected chi connectivity index (χ1v) is 5.96. The second-order valence-electron chi connectivity index (χ2n) is 4.10. The van der Waals surface area contributed by atoms with Gasteiger partial charge in [-0.3, -0.25) is 0 Å². The number of aryl methyl sites for hydroxylation is 1. The molecular formula is C15H15N3O. The van der Waals surface area contributed by atoms with Crippen molar-refractivity contribution < 1.29 is 4.79 Å². The van der Waals surface area contributed by atoms with Gasteiger partial charge in [0.1, 0.15) is 0 Å². The molecule has 2 N–H and O–H groups in total. The fraction of sp³-hybridized carbons (Fsp3) is 0.0667. The molecule has 2 aromatic carbocycles. The smallest absolute Gasteiger partial charge is 0.307 e. The first-order valence-electron chi connectivity index (χ1n) is 5.96. The number of amides is 2. The van der Waals surface area contributed by atoms with Crippen molar-refractivity contribution in [2.45, 2.75) is 6.92 Å². The molecule has 0 unspecified atom stereocenters. The Morgan fingerprint density at radius 1 is 1.11 bits per heavy atom. The van der Waals surface area contributed by atoms with Gasteiger partial charge in [-0.05, 0) is 24.6 Å². The number of hydrazone groups is 1. The predicted molar refractivity (Wildman–Crippen MR) is 77.4 cm³/mol. The Bertz CT molecular complexity index is 579. The summed E-state index contributed by atoms with van der Waals surface area (Å²) in [6.45, 7) is 2.01. The van der Waals surface area contributed by atoms with Gasteiger partial charge in [0, 0.05) is 5.69 Å². The monoisotopic (exact) mass is 253 g/mol. The molecule has 4 nitrogen and oxygen atoms in total. The third-order valence-electron chi connectivity index (χ3n) is 2.45. The Labute approximate surface area is 112 Å². The zero-order valence-corrected chi connectivity index (χ0v) is 10.6. The molecule has 4 heteroatoms. The largest absolute Gasteiger partial charge is 0.339 e. The molecule has 0 bridgehead atoms. The normalized spacial score (nSPS) is 10.4. The molecule has 0 aromatic heterocycles. The summed E-state index contributed by atoms with van der Waals surface area (Å²) in [4.78, 5) is 11.5. The maximum atomic E-state index is 11.5. The van der Waals surface area contributed by atoms with Crippen molar-refractivity contribution in [1.29, 1.82) is 0 Å². The Morgan fingerprint density at radius 3 is 2.63 bits per heavy atom. The highest BCUT2D eigenvalue weighted by Crippen LogP contribution is 2.04. The number of carbonyl (C=O) groups is 1. The van der Waals surface area contributed by atoms with Crippen LogP contribution in [0.2, 0.25) is 0 Å². The molecule has 0 aliphatic heterocycles. The minimum Gasteiger partial charge on any atom is -0.307 e. The Kier molecular flexibility index (Phi) is 4.29. The van der Waals surface area contributed by atoms with Crippen LogP contribution in [0.3, 0.4) is 0 Å². The van der Waals surface area contributed by atoms with Crippen LogP contribution in [0.5, 0.6) is 0 Å². The Balaban J connectivity index is 1.87. The Hall–Kier alpha value is -2.62. The average Bonchev–Trinajstić information content (AvgIpc) is 2.40. The number of carbonyl (C=O) groups excluding carboxylic acids is 1. The molecular weight excluding hydrogens is 238 g/mol. The summed E-state index contributed by atoms with van der Waals surface area (Å²) < 4.78 is 0. The SMILES string of the molecule is Cc1cccc(/C=N\NC(=O)Nc2ccccc2)c1. The first-order chi connectivity index (χ1) is 9.24. The van der Waals surface area contributed by atoms with Crippen LogP contribution in [0, 0.1) is 6.92 Å². The van der Waals surface area contributed by atoms with Crippen molar-refractivity contribution in [2.75, 3.05) is 5.32 Å². The van der Waals surface area contributed by atoms with Gasteiger partial charge in [-0.25, -0.2) is 10.2 Å². The van der Waals surface area contributed by atoms with E-state index < -0.39 is 0 Å². The summed E-state index contributed by atoms with van der Waals surface area (Å²) in [5.74, 6) is 0. The van der Waals surface area contributed by atoms with E-state index >= 15 is 0 Å². The number of rotatable bonds is 3. The topological polar surface area (TPSA) is 53.5 Å². The number of nitrogens with one attached hydrogen (secondary N) is 2. The molecule has 0 aliphatic carbocycles. The zero-order valence-electron chi connectivity index (χ0n) is 10.6. The van der Waals surface area contributed by atoms with E-state index in [-0.39, 0.29) is 6.03 Å². The lowest BCUT2D eigenvalue weighted by atomic mass is 10.2. The lowest BCUT2D eigenvalue weighted by molar-refractivity contribution is 0.252. The number of benzene rings is 2. The molecule has 0 heterocycles. The van der Waals surface area contributed by atoms with Crippen molar-refractivity contribution in [3.05, 3.63) is 65.7 Å². The standard InChI is InChI=1S/C15H15N3O/c1-12-6-5-7-13(10-12)11-16-18-15(19)17-14-8-3-2-4-9-14/h2-11H,1H3,(H2,17,18,19)/b16-11-. The van der Waals surface area contributed by atoms with E-state index in [0.717, 1.165) is 16.8 Å². The number of hydrogen-bond acceptors (Lipinski definition) is 2. The van der Waals surface area contributed by atoms with E-state index in [0.29, 0.717) is 0 Å². The van der Waals surface area contributed by atoms with Crippen molar-refractivity contribution in [3.63, 3.8) is 0 Å². The van der Waals surface area contributed by atoms with Gasteiger partial charge in [-0.1, -0.05) is 48.0 Å². The van der Waals surface area contributed by atoms with Gasteiger partial charge in [0.25, 0.3) is 0 Å². The number of hydrogen-bond donors (Lipinski definition) is 2. The van der Waals surface area contributed by atoms with Crippen molar-refractivity contribution in [2.24, 2.45) is 5.10 Å². The average molecular weight is 253 g/mol. The van der Waals surface area contributed by atoms with Crippen molar-refractivity contribution in [3.8, 4) is 0 Å². The summed E-state index contributed by atoms with van der Waals surface area (Å²) in [6, 6.07) is 16.7. The van der Waals surface area contributed by atoms with Crippen LogP contribution in [0.25, 0.3) is 0 Å². The fourth-order valence-electron chi connectivity index (χ4n) is 1.60. The molecule has 2 amide bonds. The second-order valence-corrected chi connectivity index (χ2v) is 4.10. The number of nitrogens with zero attached hydrogens (tertiary/aromatic N) is 1. The minimum atomic E-state index is -0.366. The summed E-state index contributed by atoms with van der Waals surface area (Å²) >= 11 is 0. The highest BCUT2D eigenvalue weighted by molar-refractivity contribution is 5.90. The number of urea groups is 1. The van der Waals surface area contributed by atoms with Crippen molar-refractivity contribution >= 4 is 17.9 Å². The van der Waals surface area contributed by atoms with Gasteiger partial charge < -0.3 is 5.32 Å². The van der Waals surface area contributed by atoms with Gasteiger partial charge >= 0.3 is 6.03 Å². The molecule has 19 heavy (non-hydrogen) atoms. The van der Waals surface area contributed by atoms with Gasteiger partial charge in [0.05, 0.1) is 6.21 Å². The second kappa shape index (κ2) is 6.35. The molecule has 2 aromatic rings. The molecule has 0 saturated heterocycles. The van der Waals surface area contributed by atoms with Crippen LogP contribution in [0.15, 0.2) is 59.7 Å². The summed E-state index contributed by atoms with van der Waals surface area (Å²) in [5, 5.41) is 6.57. The molecule has 0 radical (unpaired) electrons. The van der Waals surface area contributed by atoms with E-state index in [1.807, 2.05) is 61.5 Å². The lowest BCUT2D eigenvalue weighted by Crippen LogP contribution is -2.24. The molecule has 2 rings (SSSR count). The molecule has 0 aliphatic rings. The van der Waals surface area contributed by atoms with Crippen LogP contribution in [0.1, 0.15) is 11.1 Å². The first kappa shape index (κ1) is 12.8. The quantitative estimate of drug-likeness (QED) is 0.640. The maximum Gasteiger partial charge on any atom is 0.339 e. The van der Waals surface area contributed by atoms with E-state index in [2.05, 4.69) is 15.8 Å². The minimum absolute atomic E-state index is 0.366. The van der Waals surface area contributed by atoms with Gasteiger partial charge in [0.15, 0.2) is 0 Å². The van der Waals surface area contributed by atoms with E-state index in [1.54, 1.807) is 6.21 Å². The van der Waals surface area contributed by atoms with E-state index in [1.165, 1.54) is 0 Å². The highest BCUT2D eigenvalue weighted by atomic mass is 16.2. The van der Waals surface area contributed by atoms with Gasteiger partial charge in [0.2, 0.25) is 0 Å². The van der Waals surface area contributed by atoms with E-state index in [4.69, 9.17) is 0 Å². The fourth-order valence-corrected chi connectivity index (χ4v) is 1.60. The van der Waals surface area contributed by atoms with Crippen LogP contribution in [-0.4, -0.2) is 12.2 Å². The zero-order chi connectivity index (χ0) is 13.5. The maximum absolute atomic E-state index is 11.5. The van der Waals surface area contributed by atoms with Crippen molar-refractivity contribution in [1.82, 2.24) is 5.43 Å². The molecule has 96 valence electrons. The summed E-state index contributed by atoms with van der Waals surface area (Å²) in [7, 11) is 0. The van der Waals surface area contributed by atoms with Crippen LogP contribution in [0.4, 0.5) is 10.5 Å². The predicted octanol–water partition coefficient (Wildman–Crippen LogP) is 3.15. The van der Waals surface area contributed by atoms with Crippen LogP contribution in [-0.2, 0) is 0 Å². The molecule has 0 atom stereocenters. The lowest BCUT2D eigenvalue weighted by Gasteiger charge is -2.03. The van der Waals surface area contributed by atoms with Gasteiger partial charge in [-0.15, -0.1) is 0 Å². The third-order valence-corrected chi connectivity index (χ3v) is 2.45. The van der Waals surface area contributed by atoms with Crippen LogP contribution >= 0.6 is 0 Å². The highest BCUT2D eigenvalue weighted by Gasteiger charge is 1.97. The van der Waals surface area contributed by atoms with Gasteiger partial charge in [-0.2, -0.15) is 5.10 Å². The molecule has 0 fully saturated rings. The van der Waals surface area contributed by atoms with E-state index in [9.17, 15) is 4.79 Å². The molecule has 0 spiro atoms. The summed E-state index contributed by atoms with van der Waals surface area (Å²) in [6.07, 6.45) is 1.61. The number of para-hydroxylation sites is 1.